The maximum absolute atomic E-state index is 5.99. The zero-order valence-electron chi connectivity index (χ0n) is 10.4. The number of hydrogen-bond acceptors (Lipinski definition) is 4. The first-order valence-electron chi connectivity index (χ1n) is 5.87. The van der Waals surface area contributed by atoms with E-state index in [2.05, 4.69) is 15.3 Å². The van der Waals surface area contributed by atoms with E-state index in [4.69, 9.17) is 28.9 Å². The predicted molar refractivity (Wildman–Crippen MR) is 78.4 cm³/mol. The van der Waals surface area contributed by atoms with E-state index in [9.17, 15) is 0 Å². The van der Waals surface area contributed by atoms with Crippen LogP contribution in [0, 0.1) is 0 Å². The van der Waals surface area contributed by atoms with Crippen molar-refractivity contribution in [1.29, 1.82) is 0 Å². The molecule has 0 amide bonds. The van der Waals surface area contributed by atoms with Gasteiger partial charge < -0.3 is 11.1 Å². The summed E-state index contributed by atoms with van der Waals surface area (Å²) in [6.07, 6.45) is 3.13. The van der Waals surface area contributed by atoms with Crippen LogP contribution in [0.3, 0.4) is 0 Å². The summed E-state index contributed by atoms with van der Waals surface area (Å²) in [5.41, 5.74) is 7.55. The number of nitrogen functional groups attached to an aromatic ring is 1. The maximum atomic E-state index is 5.99. The van der Waals surface area contributed by atoms with Crippen molar-refractivity contribution in [1.82, 2.24) is 15.3 Å². The minimum Gasteiger partial charge on any atom is -0.383 e. The molecule has 0 spiro atoms. The highest BCUT2D eigenvalue weighted by molar-refractivity contribution is 6.30. The van der Waals surface area contributed by atoms with E-state index in [1.165, 1.54) is 6.20 Å². The molecule has 1 atom stereocenters. The van der Waals surface area contributed by atoms with Crippen molar-refractivity contribution in [3.05, 3.63) is 51.9 Å². The summed E-state index contributed by atoms with van der Waals surface area (Å²) < 4.78 is 0. The molecular formula is C13H14Cl2N4. The van der Waals surface area contributed by atoms with Crippen molar-refractivity contribution in [3.63, 3.8) is 0 Å². The fraction of sp³-hybridized carbons (Fsp3) is 0.231. The van der Waals surface area contributed by atoms with E-state index in [1.807, 2.05) is 13.0 Å². The molecule has 2 aromatic heterocycles. The number of rotatable bonds is 4. The molecule has 4 nitrogen and oxygen atoms in total. The summed E-state index contributed by atoms with van der Waals surface area (Å²) in [4.78, 5) is 8.40. The Hall–Kier alpha value is -1.36. The van der Waals surface area contributed by atoms with E-state index in [1.54, 1.807) is 18.3 Å². The van der Waals surface area contributed by atoms with Crippen LogP contribution in [0.1, 0.15) is 24.2 Å². The molecule has 2 heterocycles. The van der Waals surface area contributed by atoms with Crippen molar-refractivity contribution in [2.75, 3.05) is 12.3 Å². The first kappa shape index (κ1) is 14.1. The zero-order valence-corrected chi connectivity index (χ0v) is 11.9. The van der Waals surface area contributed by atoms with Crippen molar-refractivity contribution in [2.24, 2.45) is 0 Å². The smallest absolute Gasteiger partial charge is 0.128 e. The third-order valence-electron chi connectivity index (χ3n) is 2.68. The number of aromatic nitrogens is 2. The van der Waals surface area contributed by atoms with Gasteiger partial charge in [0.25, 0.3) is 0 Å². The van der Waals surface area contributed by atoms with Crippen LogP contribution < -0.4 is 11.1 Å². The third kappa shape index (κ3) is 3.35. The van der Waals surface area contributed by atoms with Gasteiger partial charge in [0, 0.05) is 18.0 Å². The van der Waals surface area contributed by atoms with Crippen molar-refractivity contribution in [3.8, 4) is 0 Å². The minimum absolute atomic E-state index is 0.159. The highest BCUT2D eigenvalue weighted by Crippen LogP contribution is 2.27. The van der Waals surface area contributed by atoms with Gasteiger partial charge in [-0.3, -0.25) is 4.98 Å². The lowest BCUT2D eigenvalue weighted by molar-refractivity contribution is 0.615. The van der Waals surface area contributed by atoms with Gasteiger partial charge in [0.1, 0.15) is 5.82 Å². The van der Waals surface area contributed by atoms with Crippen LogP contribution in [0.4, 0.5) is 5.82 Å². The van der Waals surface area contributed by atoms with Crippen LogP contribution >= 0.6 is 23.2 Å². The van der Waals surface area contributed by atoms with Gasteiger partial charge in [0.2, 0.25) is 0 Å². The van der Waals surface area contributed by atoms with Gasteiger partial charge in [0.05, 0.1) is 21.8 Å². The fourth-order valence-electron chi connectivity index (χ4n) is 1.83. The van der Waals surface area contributed by atoms with Crippen LogP contribution in [0.2, 0.25) is 10.0 Å². The Labute approximate surface area is 122 Å². The lowest BCUT2D eigenvalue weighted by Gasteiger charge is -2.19. The molecule has 2 rings (SSSR count). The topological polar surface area (TPSA) is 63.8 Å². The molecule has 0 radical (unpaired) electrons. The lowest BCUT2D eigenvalue weighted by atomic mass is 10.0. The standard InChI is InChI=1S/C13H14Cl2N4/c1-2-17-12(11-4-3-8(14)6-18-11)10-5-9(15)7-19-13(10)16/h3-7,12,17H,2H2,1H3,(H2,16,19). The second-order valence-electron chi connectivity index (χ2n) is 4.02. The number of hydrogen-bond donors (Lipinski definition) is 2. The van der Waals surface area contributed by atoms with Crippen LogP contribution in [-0.4, -0.2) is 16.5 Å². The zero-order chi connectivity index (χ0) is 13.8. The second-order valence-corrected chi connectivity index (χ2v) is 4.89. The highest BCUT2D eigenvalue weighted by atomic mass is 35.5. The monoisotopic (exact) mass is 296 g/mol. The largest absolute Gasteiger partial charge is 0.383 e. The van der Waals surface area contributed by atoms with Crippen molar-refractivity contribution < 1.29 is 0 Å². The summed E-state index contributed by atoms with van der Waals surface area (Å²) in [5, 5.41) is 4.45. The third-order valence-corrected chi connectivity index (χ3v) is 3.11. The SMILES string of the molecule is CCNC(c1ccc(Cl)cn1)c1cc(Cl)cnc1N. The maximum Gasteiger partial charge on any atom is 0.128 e. The molecule has 0 aliphatic carbocycles. The van der Waals surface area contributed by atoms with Gasteiger partial charge in [-0.1, -0.05) is 30.1 Å². The molecule has 0 aliphatic heterocycles. The van der Waals surface area contributed by atoms with Crippen LogP contribution in [0.15, 0.2) is 30.6 Å². The molecule has 0 saturated carbocycles. The normalized spacial score (nSPS) is 12.4. The molecule has 0 saturated heterocycles. The predicted octanol–water partition coefficient (Wildman–Crippen LogP) is 3.06. The summed E-state index contributed by atoms with van der Waals surface area (Å²) >= 11 is 11.8. The Kier molecular flexibility index (Phi) is 4.58. The van der Waals surface area contributed by atoms with Gasteiger partial charge in [0.15, 0.2) is 0 Å². The number of halogens is 2. The number of nitrogens with two attached hydrogens (primary N) is 1. The van der Waals surface area contributed by atoms with Gasteiger partial charge >= 0.3 is 0 Å². The van der Waals surface area contributed by atoms with Gasteiger partial charge in [-0.2, -0.15) is 0 Å². The molecule has 2 aromatic rings. The molecule has 19 heavy (non-hydrogen) atoms. The van der Waals surface area contributed by atoms with E-state index in [-0.39, 0.29) is 6.04 Å². The Morgan fingerprint density at radius 1 is 1.21 bits per heavy atom. The first-order chi connectivity index (χ1) is 9.11. The quantitative estimate of drug-likeness (QED) is 0.910. The van der Waals surface area contributed by atoms with Crippen molar-refractivity contribution in [2.45, 2.75) is 13.0 Å². The molecule has 6 heteroatoms. The molecule has 0 fully saturated rings. The van der Waals surface area contributed by atoms with Gasteiger partial charge in [-0.25, -0.2) is 4.98 Å². The highest BCUT2D eigenvalue weighted by Gasteiger charge is 2.18. The van der Waals surface area contributed by atoms with Crippen LogP contribution in [0.5, 0.6) is 0 Å². The summed E-state index contributed by atoms with van der Waals surface area (Å²) in [7, 11) is 0. The van der Waals surface area contributed by atoms with Gasteiger partial charge in [-0.15, -0.1) is 0 Å². The van der Waals surface area contributed by atoms with Crippen LogP contribution in [0.25, 0.3) is 0 Å². The molecule has 0 bridgehead atoms. The average Bonchev–Trinajstić information content (AvgIpc) is 2.40. The fourth-order valence-corrected chi connectivity index (χ4v) is 2.11. The Morgan fingerprint density at radius 3 is 2.58 bits per heavy atom. The second kappa shape index (κ2) is 6.19. The van der Waals surface area contributed by atoms with Gasteiger partial charge in [-0.05, 0) is 24.7 Å². The Bertz CT molecular complexity index is 557. The van der Waals surface area contributed by atoms with Crippen LogP contribution in [-0.2, 0) is 0 Å². The summed E-state index contributed by atoms with van der Waals surface area (Å²) in [6.45, 7) is 2.78. The van der Waals surface area contributed by atoms with E-state index >= 15 is 0 Å². The molecule has 100 valence electrons. The lowest BCUT2D eigenvalue weighted by Crippen LogP contribution is -2.24. The van der Waals surface area contributed by atoms with E-state index in [0.29, 0.717) is 15.9 Å². The Balaban J connectivity index is 2.44. The summed E-state index contributed by atoms with van der Waals surface area (Å²) in [5.74, 6) is 0.437. The Morgan fingerprint density at radius 2 is 1.95 bits per heavy atom. The number of nitrogens with zero attached hydrogens (tertiary/aromatic N) is 2. The van der Waals surface area contributed by atoms with Crippen molar-refractivity contribution >= 4 is 29.0 Å². The molecule has 3 N–H and O–H groups in total. The molecule has 0 aliphatic rings. The average molecular weight is 297 g/mol. The number of anilines is 1. The molecular weight excluding hydrogens is 283 g/mol. The van der Waals surface area contributed by atoms with E-state index in [0.717, 1.165) is 17.8 Å². The number of pyridine rings is 2. The number of nitrogens with one attached hydrogen (secondary N) is 1. The summed E-state index contributed by atoms with van der Waals surface area (Å²) in [6, 6.07) is 5.29. The van der Waals surface area contributed by atoms with E-state index < -0.39 is 0 Å². The molecule has 1 unspecified atom stereocenters. The molecule has 0 aromatic carbocycles. The minimum atomic E-state index is -0.159. The first-order valence-corrected chi connectivity index (χ1v) is 6.63.